The first kappa shape index (κ1) is 20.3. The van der Waals surface area contributed by atoms with Crippen molar-refractivity contribution in [1.82, 2.24) is 15.3 Å². The number of thioether (sulfide) groups is 1. The van der Waals surface area contributed by atoms with Gasteiger partial charge in [-0.25, -0.2) is 4.98 Å². The van der Waals surface area contributed by atoms with Gasteiger partial charge in [-0.2, -0.15) is 0 Å². The molecule has 0 radical (unpaired) electrons. The van der Waals surface area contributed by atoms with Gasteiger partial charge in [0.15, 0.2) is 5.16 Å². The summed E-state index contributed by atoms with van der Waals surface area (Å²) in [6, 6.07) is 14.7. The van der Waals surface area contributed by atoms with Gasteiger partial charge in [0.05, 0.1) is 17.9 Å². The Kier molecular flexibility index (Phi) is 6.80. The second kappa shape index (κ2) is 9.70. The zero-order valence-electron chi connectivity index (χ0n) is 15.6. The number of hydrogen-bond donors (Lipinski definition) is 3. The number of hydrogen-bond acceptors (Lipinski definition) is 5. The van der Waals surface area contributed by atoms with Crippen molar-refractivity contribution in [3.05, 3.63) is 77.2 Å². The molecule has 0 spiro atoms. The number of carbonyl (C=O) groups excluding carboxylic acids is 2. The Labute approximate surface area is 171 Å². The molecule has 0 fully saturated rings. The quantitative estimate of drug-likeness (QED) is 0.302. The number of H-pyrrole nitrogens is 1. The molecule has 3 N–H and O–H groups in total. The van der Waals surface area contributed by atoms with Crippen molar-refractivity contribution in [1.29, 1.82) is 0 Å². The third kappa shape index (κ3) is 5.79. The Bertz CT molecular complexity index is 1110. The molecule has 0 saturated carbocycles. The van der Waals surface area contributed by atoms with Crippen molar-refractivity contribution in [2.24, 2.45) is 0 Å². The molecular weight excluding hydrogens is 388 g/mol. The topological polar surface area (TPSA) is 104 Å². The van der Waals surface area contributed by atoms with E-state index in [4.69, 9.17) is 0 Å². The van der Waals surface area contributed by atoms with Gasteiger partial charge in [-0.15, -0.1) is 6.58 Å². The van der Waals surface area contributed by atoms with Gasteiger partial charge < -0.3 is 15.6 Å². The minimum atomic E-state index is -0.372. The van der Waals surface area contributed by atoms with E-state index < -0.39 is 0 Å². The van der Waals surface area contributed by atoms with Crippen LogP contribution in [-0.2, 0) is 16.0 Å². The molecule has 3 rings (SSSR count). The lowest BCUT2D eigenvalue weighted by Crippen LogP contribution is -2.26. The van der Waals surface area contributed by atoms with Gasteiger partial charge in [0.25, 0.3) is 5.56 Å². The molecule has 148 valence electrons. The number of carbonyl (C=O) groups is 2. The SMILES string of the molecule is C=CCNC(=O)Cc1cc(=O)[nH]c(SCC(=O)Nc2cccc3ccccc23)n1. The van der Waals surface area contributed by atoms with Gasteiger partial charge in [0.2, 0.25) is 11.8 Å². The zero-order chi connectivity index (χ0) is 20.6. The monoisotopic (exact) mass is 408 g/mol. The first-order valence-electron chi connectivity index (χ1n) is 8.93. The van der Waals surface area contributed by atoms with Gasteiger partial charge in [-0.3, -0.25) is 14.4 Å². The van der Waals surface area contributed by atoms with Crippen molar-refractivity contribution in [2.75, 3.05) is 17.6 Å². The highest BCUT2D eigenvalue weighted by Crippen LogP contribution is 2.23. The fourth-order valence-corrected chi connectivity index (χ4v) is 3.40. The standard InChI is InChI=1S/C21H20N4O3S/c1-2-10-22-18(26)11-15-12-19(27)25-21(23-15)29-13-20(28)24-17-9-5-7-14-6-3-4-8-16(14)17/h2-9,12H,1,10-11,13H2,(H,22,26)(H,24,28)(H,23,25,27). The summed E-state index contributed by atoms with van der Waals surface area (Å²) < 4.78 is 0. The summed E-state index contributed by atoms with van der Waals surface area (Å²) in [7, 11) is 0. The van der Waals surface area contributed by atoms with Crippen LogP contribution in [-0.4, -0.2) is 34.1 Å². The predicted molar refractivity (Wildman–Crippen MR) is 115 cm³/mol. The summed E-state index contributed by atoms with van der Waals surface area (Å²) in [6.45, 7) is 3.87. The maximum atomic E-state index is 12.4. The van der Waals surface area contributed by atoms with E-state index in [-0.39, 0.29) is 34.7 Å². The Balaban J connectivity index is 1.63. The molecular formula is C21H20N4O3S. The molecule has 0 aliphatic carbocycles. The Morgan fingerprint density at radius 3 is 2.76 bits per heavy atom. The highest BCUT2D eigenvalue weighted by molar-refractivity contribution is 7.99. The van der Waals surface area contributed by atoms with Crippen LogP contribution >= 0.6 is 11.8 Å². The second-order valence-electron chi connectivity index (χ2n) is 6.17. The third-order valence-corrected chi connectivity index (χ3v) is 4.84. The van der Waals surface area contributed by atoms with E-state index >= 15 is 0 Å². The molecule has 0 aliphatic heterocycles. The molecule has 8 heteroatoms. The Hall–Kier alpha value is -3.39. The van der Waals surface area contributed by atoms with Crippen LogP contribution in [0.15, 0.2) is 71.1 Å². The van der Waals surface area contributed by atoms with Gasteiger partial charge >= 0.3 is 0 Å². The molecule has 1 aromatic heterocycles. The number of aromatic amines is 1. The van der Waals surface area contributed by atoms with Gasteiger partial charge in [-0.1, -0.05) is 54.2 Å². The van der Waals surface area contributed by atoms with E-state index in [9.17, 15) is 14.4 Å². The molecule has 3 aromatic rings. The van der Waals surface area contributed by atoms with Crippen LogP contribution in [0.3, 0.4) is 0 Å². The molecule has 2 aromatic carbocycles. The summed E-state index contributed by atoms with van der Waals surface area (Å²) in [5.41, 5.74) is 0.693. The number of benzene rings is 2. The highest BCUT2D eigenvalue weighted by atomic mass is 32.2. The molecule has 0 aliphatic rings. The first-order valence-corrected chi connectivity index (χ1v) is 9.92. The maximum Gasteiger partial charge on any atom is 0.251 e. The normalized spacial score (nSPS) is 10.5. The fraction of sp³-hybridized carbons (Fsp3) is 0.143. The van der Waals surface area contributed by atoms with Gasteiger partial charge in [0, 0.05) is 23.7 Å². The number of nitrogens with one attached hydrogen (secondary N) is 3. The predicted octanol–water partition coefficient (Wildman–Crippen LogP) is 2.50. The summed E-state index contributed by atoms with van der Waals surface area (Å²) in [5.74, 6) is -0.408. The molecule has 0 bridgehead atoms. The lowest BCUT2D eigenvalue weighted by molar-refractivity contribution is -0.120. The van der Waals surface area contributed by atoms with E-state index in [1.807, 2.05) is 42.5 Å². The van der Waals surface area contributed by atoms with E-state index in [0.717, 1.165) is 28.2 Å². The van der Waals surface area contributed by atoms with Crippen LogP contribution in [0.1, 0.15) is 5.69 Å². The molecule has 7 nitrogen and oxygen atoms in total. The smallest absolute Gasteiger partial charge is 0.251 e. The van der Waals surface area contributed by atoms with Crippen molar-refractivity contribution in [3.8, 4) is 0 Å². The van der Waals surface area contributed by atoms with Crippen LogP contribution in [0.4, 0.5) is 5.69 Å². The van der Waals surface area contributed by atoms with E-state index in [1.165, 1.54) is 6.07 Å². The number of anilines is 1. The second-order valence-corrected chi connectivity index (χ2v) is 7.14. The van der Waals surface area contributed by atoms with Crippen LogP contribution in [0.2, 0.25) is 0 Å². The zero-order valence-corrected chi connectivity index (χ0v) is 16.4. The molecule has 0 unspecified atom stereocenters. The van der Waals surface area contributed by atoms with Crippen molar-refractivity contribution in [3.63, 3.8) is 0 Å². The number of amides is 2. The number of fused-ring (bicyclic) bond motifs is 1. The van der Waals surface area contributed by atoms with Crippen LogP contribution in [0.25, 0.3) is 10.8 Å². The number of aromatic nitrogens is 2. The van der Waals surface area contributed by atoms with Gasteiger partial charge in [0.1, 0.15) is 0 Å². The van der Waals surface area contributed by atoms with Crippen molar-refractivity contribution < 1.29 is 9.59 Å². The van der Waals surface area contributed by atoms with Crippen LogP contribution in [0, 0.1) is 0 Å². The van der Waals surface area contributed by atoms with Gasteiger partial charge in [-0.05, 0) is 11.5 Å². The van der Waals surface area contributed by atoms with E-state index in [2.05, 4.69) is 27.2 Å². The molecule has 0 saturated heterocycles. The van der Waals surface area contributed by atoms with Crippen LogP contribution in [0.5, 0.6) is 0 Å². The summed E-state index contributed by atoms with van der Waals surface area (Å²) >= 11 is 1.10. The van der Waals surface area contributed by atoms with Crippen molar-refractivity contribution in [2.45, 2.75) is 11.6 Å². The van der Waals surface area contributed by atoms with E-state index in [0.29, 0.717) is 12.2 Å². The molecule has 2 amide bonds. The molecule has 1 heterocycles. The summed E-state index contributed by atoms with van der Waals surface area (Å²) in [6.07, 6.45) is 1.55. The minimum absolute atomic E-state index is 0.0203. The largest absolute Gasteiger partial charge is 0.352 e. The third-order valence-electron chi connectivity index (χ3n) is 3.96. The summed E-state index contributed by atoms with van der Waals surface area (Å²) in [5, 5.41) is 7.79. The highest BCUT2D eigenvalue weighted by Gasteiger charge is 2.10. The Morgan fingerprint density at radius 1 is 1.14 bits per heavy atom. The average molecular weight is 408 g/mol. The first-order chi connectivity index (χ1) is 14.0. The molecule has 29 heavy (non-hydrogen) atoms. The fourth-order valence-electron chi connectivity index (χ4n) is 2.71. The lowest BCUT2D eigenvalue weighted by Gasteiger charge is -2.09. The number of nitrogens with zero attached hydrogens (tertiary/aromatic N) is 1. The van der Waals surface area contributed by atoms with Crippen molar-refractivity contribution >= 4 is 40.0 Å². The molecule has 0 atom stereocenters. The minimum Gasteiger partial charge on any atom is -0.352 e. The van der Waals surface area contributed by atoms with E-state index in [1.54, 1.807) is 6.08 Å². The summed E-state index contributed by atoms with van der Waals surface area (Å²) in [4.78, 5) is 42.8. The number of rotatable bonds is 8. The average Bonchev–Trinajstić information content (AvgIpc) is 2.70. The lowest BCUT2D eigenvalue weighted by atomic mass is 10.1. The van der Waals surface area contributed by atoms with Crippen LogP contribution < -0.4 is 16.2 Å². The maximum absolute atomic E-state index is 12.4. The Morgan fingerprint density at radius 2 is 1.93 bits per heavy atom.